The fraction of sp³-hybridized carbons (Fsp3) is 0.364. The number of nitrogens with two attached hydrogens (primary N) is 1. The van der Waals surface area contributed by atoms with E-state index in [0.717, 1.165) is 18.5 Å². The average molecular weight is 225 g/mol. The van der Waals surface area contributed by atoms with E-state index < -0.39 is 0 Å². The van der Waals surface area contributed by atoms with Crippen LogP contribution in [0.15, 0.2) is 29.4 Å². The quantitative estimate of drug-likeness (QED) is 0.225. The van der Waals surface area contributed by atoms with Gasteiger partial charge in [-0.3, -0.25) is 0 Å². The zero-order valence-corrected chi connectivity index (χ0v) is 8.99. The summed E-state index contributed by atoms with van der Waals surface area (Å²) in [5.41, 5.74) is 6.35. The minimum Gasteiger partial charge on any atom is -0.409 e. The van der Waals surface area contributed by atoms with Gasteiger partial charge >= 0.3 is 0 Å². The number of nitrogens with zero attached hydrogens (tertiary/aromatic N) is 1. The van der Waals surface area contributed by atoms with Crippen molar-refractivity contribution >= 4 is 5.84 Å². The molecule has 0 radical (unpaired) electrons. The standard InChI is InChI=1S/C11H16FN3O/c12-10-5-3-9(4-6-10)8-14-7-1-2-11(13)15-16/h3-6,14,16H,1-2,7-8H2,(H2,13,15). The lowest BCUT2D eigenvalue weighted by molar-refractivity contribution is 0.316. The second-order valence-corrected chi connectivity index (χ2v) is 3.50. The summed E-state index contributed by atoms with van der Waals surface area (Å²) >= 11 is 0. The van der Waals surface area contributed by atoms with Crippen molar-refractivity contribution in [2.75, 3.05) is 6.54 Å². The molecule has 0 aliphatic carbocycles. The Bertz CT molecular complexity index is 338. The Morgan fingerprint density at radius 3 is 2.69 bits per heavy atom. The Hall–Kier alpha value is -1.62. The van der Waals surface area contributed by atoms with Crippen molar-refractivity contribution in [2.45, 2.75) is 19.4 Å². The van der Waals surface area contributed by atoms with Crippen LogP contribution in [0.2, 0.25) is 0 Å². The summed E-state index contributed by atoms with van der Waals surface area (Å²) in [5.74, 6) is 0.0132. The Morgan fingerprint density at radius 2 is 2.06 bits per heavy atom. The molecule has 0 unspecified atom stereocenters. The van der Waals surface area contributed by atoms with Gasteiger partial charge in [-0.25, -0.2) is 4.39 Å². The SMILES string of the molecule is NC(CCCNCc1ccc(F)cc1)=NO. The lowest BCUT2D eigenvalue weighted by Gasteiger charge is -2.04. The molecular weight excluding hydrogens is 209 g/mol. The van der Waals surface area contributed by atoms with E-state index in [0.29, 0.717) is 13.0 Å². The van der Waals surface area contributed by atoms with Crippen molar-refractivity contribution < 1.29 is 9.60 Å². The van der Waals surface area contributed by atoms with E-state index in [1.165, 1.54) is 12.1 Å². The van der Waals surface area contributed by atoms with Crippen LogP contribution in [0.4, 0.5) is 4.39 Å². The van der Waals surface area contributed by atoms with E-state index >= 15 is 0 Å². The summed E-state index contributed by atoms with van der Waals surface area (Å²) in [7, 11) is 0. The second kappa shape index (κ2) is 6.79. The van der Waals surface area contributed by atoms with Crippen LogP contribution in [0.3, 0.4) is 0 Å². The minimum atomic E-state index is -0.226. The van der Waals surface area contributed by atoms with Crippen LogP contribution in [-0.2, 0) is 6.54 Å². The first-order chi connectivity index (χ1) is 7.72. The van der Waals surface area contributed by atoms with Crippen LogP contribution < -0.4 is 11.1 Å². The lowest BCUT2D eigenvalue weighted by atomic mass is 10.2. The lowest BCUT2D eigenvalue weighted by Crippen LogP contribution is -2.18. The molecule has 0 heterocycles. The molecule has 0 saturated carbocycles. The Labute approximate surface area is 94.0 Å². The number of benzene rings is 1. The van der Waals surface area contributed by atoms with Crippen molar-refractivity contribution in [3.8, 4) is 0 Å². The van der Waals surface area contributed by atoms with Crippen molar-refractivity contribution in [2.24, 2.45) is 10.9 Å². The summed E-state index contributed by atoms with van der Waals surface area (Å²) < 4.78 is 12.6. The monoisotopic (exact) mass is 225 g/mol. The number of hydrogen-bond donors (Lipinski definition) is 3. The Balaban J connectivity index is 2.14. The third-order valence-electron chi connectivity index (χ3n) is 2.16. The van der Waals surface area contributed by atoms with Gasteiger partial charge in [0.1, 0.15) is 11.7 Å². The van der Waals surface area contributed by atoms with Crippen molar-refractivity contribution in [3.63, 3.8) is 0 Å². The summed E-state index contributed by atoms with van der Waals surface area (Å²) in [6.45, 7) is 1.46. The van der Waals surface area contributed by atoms with Gasteiger partial charge in [0.05, 0.1) is 0 Å². The summed E-state index contributed by atoms with van der Waals surface area (Å²) in [6, 6.07) is 6.36. The van der Waals surface area contributed by atoms with Crippen LogP contribution in [0.1, 0.15) is 18.4 Å². The highest BCUT2D eigenvalue weighted by Crippen LogP contribution is 2.01. The molecule has 0 atom stereocenters. The third kappa shape index (κ3) is 4.75. The summed E-state index contributed by atoms with van der Waals surface area (Å²) in [6.07, 6.45) is 1.37. The number of rotatable bonds is 6. The predicted octanol–water partition coefficient (Wildman–Crippen LogP) is 1.44. The normalized spacial score (nSPS) is 11.7. The number of halogens is 1. The molecule has 0 aliphatic heterocycles. The Kier molecular flexibility index (Phi) is 5.28. The molecule has 0 spiro atoms. The van der Waals surface area contributed by atoms with Gasteiger partial charge in [-0.05, 0) is 30.7 Å². The van der Waals surface area contributed by atoms with Crippen LogP contribution in [0.25, 0.3) is 0 Å². The van der Waals surface area contributed by atoms with E-state index in [1.807, 2.05) is 0 Å². The van der Waals surface area contributed by atoms with Gasteiger partial charge in [-0.1, -0.05) is 17.3 Å². The third-order valence-corrected chi connectivity index (χ3v) is 2.16. The fourth-order valence-electron chi connectivity index (χ4n) is 1.28. The zero-order chi connectivity index (χ0) is 11.8. The molecule has 4 nitrogen and oxygen atoms in total. The number of hydrogen-bond acceptors (Lipinski definition) is 3. The molecule has 4 N–H and O–H groups in total. The minimum absolute atomic E-state index is 0.226. The topological polar surface area (TPSA) is 70.6 Å². The largest absolute Gasteiger partial charge is 0.409 e. The maximum Gasteiger partial charge on any atom is 0.139 e. The first kappa shape index (κ1) is 12.4. The van der Waals surface area contributed by atoms with E-state index in [9.17, 15) is 4.39 Å². The number of oxime groups is 1. The summed E-state index contributed by atoms with van der Waals surface area (Å²) in [4.78, 5) is 0. The van der Waals surface area contributed by atoms with Gasteiger partial charge in [0, 0.05) is 13.0 Å². The summed E-state index contributed by atoms with van der Waals surface area (Å²) in [5, 5.41) is 14.4. The van der Waals surface area contributed by atoms with Crippen LogP contribution >= 0.6 is 0 Å². The highest BCUT2D eigenvalue weighted by atomic mass is 19.1. The number of nitrogens with one attached hydrogen (secondary N) is 1. The van der Waals surface area contributed by atoms with Crippen LogP contribution in [-0.4, -0.2) is 17.6 Å². The molecule has 88 valence electrons. The zero-order valence-electron chi connectivity index (χ0n) is 8.99. The maximum absolute atomic E-state index is 12.6. The van der Waals surface area contributed by atoms with Gasteiger partial charge in [0.25, 0.3) is 0 Å². The highest BCUT2D eigenvalue weighted by molar-refractivity contribution is 5.79. The molecule has 5 heteroatoms. The van der Waals surface area contributed by atoms with Crippen molar-refractivity contribution in [1.82, 2.24) is 5.32 Å². The molecule has 0 aliphatic rings. The molecule has 0 amide bonds. The fourth-order valence-corrected chi connectivity index (χ4v) is 1.28. The second-order valence-electron chi connectivity index (χ2n) is 3.50. The van der Waals surface area contributed by atoms with Gasteiger partial charge in [-0.2, -0.15) is 0 Å². The van der Waals surface area contributed by atoms with Crippen LogP contribution in [0.5, 0.6) is 0 Å². The number of amidine groups is 1. The van der Waals surface area contributed by atoms with E-state index in [4.69, 9.17) is 10.9 Å². The predicted molar refractivity (Wildman–Crippen MR) is 60.7 cm³/mol. The van der Waals surface area contributed by atoms with E-state index in [1.54, 1.807) is 12.1 Å². The molecule has 0 bridgehead atoms. The van der Waals surface area contributed by atoms with Crippen molar-refractivity contribution in [3.05, 3.63) is 35.6 Å². The molecular formula is C11H16FN3O. The molecule has 0 aromatic heterocycles. The van der Waals surface area contributed by atoms with Gasteiger partial charge < -0.3 is 16.3 Å². The highest BCUT2D eigenvalue weighted by Gasteiger charge is 1.95. The van der Waals surface area contributed by atoms with E-state index in [2.05, 4.69) is 10.5 Å². The Morgan fingerprint density at radius 1 is 1.38 bits per heavy atom. The molecule has 1 aromatic carbocycles. The molecule has 0 fully saturated rings. The van der Waals surface area contributed by atoms with Gasteiger partial charge in [0.2, 0.25) is 0 Å². The van der Waals surface area contributed by atoms with Crippen molar-refractivity contribution in [1.29, 1.82) is 0 Å². The average Bonchev–Trinajstić information content (AvgIpc) is 2.31. The first-order valence-electron chi connectivity index (χ1n) is 5.14. The first-order valence-corrected chi connectivity index (χ1v) is 5.14. The molecule has 0 saturated heterocycles. The smallest absolute Gasteiger partial charge is 0.139 e. The van der Waals surface area contributed by atoms with Gasteiger partial charge in [-0.15, -0.1) is 0 Å². The van der Waals surface area contributed by atoms with E-state index in [-0.39, 0.29) is 11.7 Å². The molecule has 1 rings (SSSR count). The molecule has 1 aromatic rings. The maximum atomic E-state index is 12.6. The van der Waals surface area contributed by atoms with Gasteiger partial charge in [0.15, 0.2) is 0 Å². The molecule has 16 heavy (non-hydrogen) atoms. The van der Waals surface area contributed by atoms with Crippen LogP contribution in [0, 0.1) is 5.82 Å².